The first-order chi connectivity index (χ1) is 4.64. The zero-order valence-electron chi connectivity index (χ0n) is 7.61. The summed E-state index contributed by atoms with van der Waals surface area (Å²) in [5.41, 5.74) is 0.652. The molecule has 0 aromatic rings. The monoisotopic (exact) mass is 140 g/mol. The second kappa shape index (κ2) is 2.94. The first-order valence-corrected chi connectivity index (χ1v) is 4.64. The van der Waals surface area contributed by atoms with Crippen LogP contribution in [0.25, 0.3) is 0 Å². The van der Waals surface area contributed by atoms with Crippen molar-refractivity contribution in [3.8, 4) is 0 Å². The van der Waals surface area contributed by atoms with Crippen molar-refractivity contribution in [3.05, 3.63) is 0 Å². The summed E-state index contributed by atoms with van der Waals surface area (Å²) in [7, 11) is 0. The minimum Gasteiger partial charge on any atom is -0.0651 e. The SMILES string of the molecule is CC[C@H]1CCCC(C)(C)C1. The van der Waals surface area contributed by atoms with Gasteiger partial charge in [0.05, 0.1) is 0 Å². The van der Waals surface area contributed by atoms with Crippen LogP contribution >= 0.6 is 0 Å². The van der Waals surface area contributed by atoms with Crippen LogP contribution in [0.15, 0.2) is 0 Å². The summed E-state index contributed by atoms with van der Waals surface area (Å²) in [6, 6.07) is 0. The molecule has 1 rings (SSSR count). The van der Waals surface area contributed by atoms with Crippen molar-refractivity contribution in [2.45, 2.75) is 52.9 Å². The van der Waals surface area contributed by atoms with E-state index in [9.17, 15) is 0 Å². The molecule has 1 aliphatic carbocycles. The Morgan fingerprint density at radius 2 is 2.10 bits per heavy atom. The van der Waals surface area contributed by atoms with Crippen molar-refractivity contribution in [2.24, 2.45) is 11.3 Å². The Labute approximate surface area is 65.0 Å². The average Bonchev–Trinajstić information content (AvgIpc) is 1.86. The van der Waals surface area contributed by atoms with Crippen molar-refractivity contribution < 1.29 is 0 Å². The maximum Gasteiger partial charge on any atom is -0.0352 e. The van der Waals surface area contributed by atoms with Crippen molar-refractivity contribution >= 4 is 0 Å². The summed E-state index contributed by atoms with van der Waals surface area (Å²) < 4.78 is 0. The Bertz CT molecular complexity index is 103. The highest BCUT2D eigenvalue weighted by Gasteiger charge is 2.26. The van der Waals surface area contributed by atoms with E-state index in [1.54, 1.807) is 0 Å². The maximum atomic E-state index is 2.41. The number of rotatable bonds is 1. The second-order valence-corrected chi connectivity index (χ2v) is 4.53. The molecule has 0 bridgehead atoms. The highest BCUT2D eigenvalue weighted by atomic mass is 14.3. The van der Waals surface area contributed by atoms with E-state index in [-0.39, 0.29) is 0 Å². The molecule has 1 atom stereocenters. The molecule has 60 valence electrons. The number of hydrogen-bond donors (Lipinski definition) is 0. The second-order valence-electron chi connectivity index (χ2n) is 4.53. The van der Waals surface area contributed by atoms with Gasteiger partial charge in [0.15, 0.2) is 0 Å². The summed E-state index contributed by atoms with van der Waals surface area (Å²) in [5.74, 6) is 1.03. The Morgan fingerprint density at radius 3 is 2.50 bits per heavy atom. The van der Waals surface area contributed by atoms with Crippen molar-refractivity contribution in [2.75, 3.05) is 0 Å². The molecule has 0 saturated heterocycles. The quantitative estimate of drug-likeness (QED) is 0.522. The van der Waals surface area contributed by atoms with Gasteiger partial charge in [-0.1, -0.05) is 40.0 Å². The van der Waals surface area contributed by atoms with Gasteiger partial charge in [-0.3, -0.25) is 0 Å². The molecule has 1 aliphatic rings. The zero-order valence-corrected chi connectivity index (χ0v) is 7.61. The lowest BCUT2D eigenvalue weighted by Crippen LogP contribution is -2.21. The Balaban J connectivity index is 2.40. The lowest BCUT2D eigenvalue weighted by molar-refractivity contribution is 0.177. The van der Waals surface area contributed by atoms with Gasteiger partial charge in [0.2, 0.25) is 0 Å². The van der Waals surface area contributed by atoms with E-state index in [1.165, 1.54) is 32.1 Å². The molecule has 0 N–H and O–H groups in total. The van der Waals surface area contributed by atoms with Gasteiger partial charge in [-0.15, -0.1) is 0 Å². The molecule has 0 aromatic carbocycles. The topological polar surface area (TPSA) is 0 Å². The predicted octanol–water partition coefficient (Wildman–Crippen LogP) is 3.61. The largest absolute Gasteiger partial charge is 0.0651 e. The molecule has 1 fully saturated rings. The molecule has 1 saturated carbocycles. The first-order valence-electron chi connectivity index (χ1n) is 4.64. The summed E-state index contributed by atoms with van der Waals surface area (Å²) in [6.07, 6.45) is 7.25. The molecular weight excluding hydrogens is 120 g/mol. The van der Waals surface area contributed by atoms with Gasteiger partial charge >= 0.3 is 0 Å². The van der Waals surface area contributed by atoms with E-state index in [1.807, 2.05) is 0 Å². The summed E-state index contributed by atoms with van der Waals surface area (Å²) in [5, 5.41) is 0. The third-order valence-corrected chi connectivity index (χ3v) is 2.88. The minimum absolute atomic E-state index is 0.652. The smallest absolute Gasteiger partial charge is 0.0352 e. The molecule has 0 amide bonds. The predicted molar refractivity (Wildman–Crippen MR) is 46.0 cm³/mol. The standard InChI is InChI=1S/C10H20/c1-4-9-6-5-7-10(2,3)8-9/h9H,4-8H2,1-3H3/t9-/m0/s1. The van der Waals surface area contributed by atoms with E-state index in [4.69, 9.17) is 0 Å². The third-order valence-electron chi connectivity index (χ3n) is 2.88. The third kappa shape index (κ3) is 2.00. The van der Waals surface area contributed by atoms with Crippen molar-refractivity contribution in [3.63, 3.8) is 0 Å². The fraction of sp³-hybridized carbons (Fsp3) is 1.00. The van der Waals surface area contributed by atoms with Crippen LogP contribution in [-0.2, 0) is 0 Å². The maximum absolute atomic E-state index is 2.41. The van der Waals surface area contributed by atoms with Crippen LogP contribution < -0.4 is 0 Å². The van der Waals surface area contributed by atoms with E-state index < -0.39 is 0 Å². The highest BCUT2D eigenvalue weighted by Crippen LogP contribution is 2.39. The van der Waals surface area contributed by atoms with Crippen LogP contribution in [0, 0.1) is 11.3 Å². The van der Waals surface area contributed by atoms with Gasteiger partial charge in [0.25, 0.3) is 0 Å². The average molecular weight is 140 g/mol. The van der Waals surface area contributed by atoms with E-state index in [0.717, 1.165) is 5.92 Å². The first kappa shape index (κ1) is 8.10. The molecule has 0 spiro atoms. The van der Waals surface area contributed by atoms with Crippen LogP contribution in [0.1, 0.15) is 52.9 Å². The lowest BCUT2D eigenvalue weighted by Gasteiger charge is -2.34. The molecular formula is C10H20. The van der Waals surface area contributed by atoms with Gasteiger partial charge in [-0.2, -0.15) is 0 Å². The molecule has 0 unspecified atom stereocenters. The summed E-state index contributed by atoms with van der Waals surface area (Å²) >= 11 is 0. The Morgan fingerprint density at radius 1 is 1.40 bits per heavy atom. The summed E-state index contributed by atoms with van der Waals surface area (Å²) in [6.45, 7) is 7.15. The molecule has 0 heteroatoms. The van der Waals surface area contributed by atoms with Crippen molar-refractivity contribution in [1.29, 1.82) is 0 Å². The van der Waals surface area contributed by atoms with Gasteiger partial charge in [0.1, 0.15) is 0 Å². The lowest BCUT2D eigenvalue weighted by atomic mass is 9.71. The molecule has 0 radical (unpaired) electrons. The van der Waals surface area contributed by atoms with E-state index >= 15 is 0 Å². The van der Waals surface area contributed by atoms with Crippen LogP contribution in [-0.4, -0.2) is 0 Å². The van der Waals surface area contributed by atoms with Crippen LogP contribution in [0.4, 0.5) is 0 Å². The molecule has 10 heavy (non-hydrogen) atoms. The fourth-order valence-electron chi connectivity index (χ4n) is 2.20. The van der Waals surface area contributed by atoms with Gasteiger partial charge < -0.3 is 0 Å². The van der Waals surface area contributed by atoms with Crippen LogP contribution in [0.3, 0.4) is 0 Å². The highest BCUT2D eigenvalue weighted by molar-refractivity contribution is 4.78. The van der Waals surface area contributed by atoms with Crippen LogP contribution in [0.2, 0.25) is 0 Å². The molecule has 0 heterocycles. The molecule has 0 aliphatic heterocycles. The zero-order chi connectivity index (χ0) is 7.61. The van der Waals surface area contributed by atoms with Crippen LogP contribution in [0.5, 0.6) is 0 Å². The Kier molecular flexibility index (Phi) is 2.38. The van der Waals surface area contributed by atoms with Crippen molar-refractivity contribution in [1.82, 2.24) is 0 Å². The van der Waals surface area contributed by atoms with Gasteiger partial charge in [0, 0.05) is 0 Å². The van der Waals surface area contributed by atoms with E-state index in [0.29, 0.717) is 5.41 Å². The number of hydrogen-bond acceptors (Lipinski definition) is 0. The van der Waals surface area contributed by atoms with Gasteiger partial charge in [-0.05, 0) is 24.2 Å². The van der Waals surface area contributed by atoms with E-state index in [2.05, 4.69) is 20.8 Å². The molecule has 0 aromatic heterocycles. The summed E-state index contributed by atoms with van der Waals surface area (Å²) in [4.78, 5) is 0. The molecule has 0 nitrogen and oxygen atoms in total. The minimum atomic E-state index is 0.652. The normalized spacial score (nSPS) is 32.1. The fourth-order valence-corrected chi connectivity index (χ4v) is 2.20. The Hall–Kier alpha value is 0. The van der Waals surface area contributed by atoms with Gasteiger partial charge in [-0.25, -0.2) is 0 Å².